The van der Waals surface area contributed by atoms with Crippen molar-refractivity contribution in [3.8, 4) is 0 Å². The third kappa shape index (κ3) is 2.46. The van der Waals surface area contributed by atoms with Crippen molar-refractivity contribution in [2.24, 2.45) is 0 Å². The average Bonchev–Trinajstić information content (AvgIpc) is 2.65. The quantitative estimate of drug-likeness (QED) is 0.793. The Morgan fingerprint density at radius 3 is 3.00 bits per heavy atom. The number of hydrogen-bond donors (Lipinski definition) is 2. The number of nitrogens with one attached hydrogen (secondary N) is 1. The third-order valence-electron chi connectivity index (χ3n) is 1.87. The van der Waals surface area contributed by atoms with Gasteiger partial charge in [0, 0.05) is 11.8 Å². The van der Waals surface area contributed by atoms with Gasteiger partial charge in [-0.15, -0.1) is 0 Å². The number of aryl methyl sites for hydroxylation is 1. The van der Waals surface area contributed by atoms with Crippen LogP contribution in [0.5, 0.6) is 0 Å². The lowest BCUT2D eigenvalue weighted by Crippen LogP contribution is -2.05. The summed E-state index contributed by atoms with van der Waals surface area (Å²) in [5.41, 5.74) is 6.43. The lowest BCUT2D eigenvalue weighted by molar-refractivity contribution is 0.517. The molecule has 5 heteroatoms. The van der Waals surface area contributed by atoms with Crippen molar-refractivity contribution in [2.75, 3.05) is 11.1 Å². The van der Waals surface area contributed by atoms with E-state index in [1.807, 2.05) is 19.1 Å². The van der Waals surface area contributed by atoms with E-state index in [0.717, 1.165) is 11.5 Å². The Morgan fingerprint density at radius 2 is 2.33 bits per heavy atom. The van der Waals surface area contributed by atoms with Crippen molar-refractivity contribution in [1.29, 1.82) is 0 Å². The minimum atomic E-state index is 0.462. The lowest BCUT2D eigenvalue weighted by atomic mass is 10.4. The van der Waals surface area contributed by atoms with Crippen LogP contribution in [0.4, 0.5) is 11.8 Å². The zero-order chi connectivity index (χ0) is 10.7. The van der Waals surface area contributed by atoms with Gasteiger partial charge in [0.05, 0.1) is 12.8 Å². The van der Waals surface area contributed by atoms with Crippen LogP contribution in [0.25, 0.3) is 0 Å². The van der Waals surface area contributed by atoms with E-state index >= 15 is 0 Å². The molecule has 0 saturated heterocycles. The molecular formula is C10H12N4O. The van der Waals surface area contributed by atoms with Crippen LogP contribution in [0.15, 0.2) is 28.9 Å². The Balaban J connectivity index is 2.05. The topological polar surface area (TPSA) is 77.0 Å². The number of hydrogen-bond acceptors (Lipinski definition) is 5. The smallest absolute Gasteiger partial charge is 0.225 e. The molecule has 0 radical (unpaired) electrons. The molecule has 0 fully saturated rings. The molecule has 0 aliphatic heterocycles. The summed E-state index contributed by atoms with van der Waals surface area (Å²) in [7, 11) is 0. The number of rotatable bonds is 3. The summed E-state index contributed by atoms with van der Waals surface area (Å²) < 4.78 is 5.17. The molecule has 0 aliphatic carbocycles. The average molecular weight is 204 g/mol. The molecule has 2 aromatic heterocycles. The Bertz CT molecular complexity index is 418. The van der Waals surface area contributed by atoms with E-state index in [-0.39, 0.29) is 0 Å². The highest BCUT2D eigenvalue weighted by Crippen LogP contribution is 2.08. The molecule has 78 valence electrons. The lowest BCUT2D eigenvalue weighted by Gasteiger charge is -2.04. The SMILES string of the molecule is Cc1cc(N)nc(NCc2ccco2)n1. The first-order chi connectivity index (χ1) is 7.24. The fourth-order valence-corrected chi connectivity index (χ4v) is 1.25. The molecular weight excluding hydrogens is 192 g/mol. The maximum Gasteiger partial charge on any atom is 0.225 e. The molecule has 0 spiro atoms. The van der Waals surface area contributed by atoms with Crippen molar-refractivity contribution in [1.82, 2.24) is 9.97 Å². The van der Waals surface area contributed by atoms with Crippen LogP contribution < -0.4 is 11.1 Å². The fourth-order valence-electron chi connectivity index (χ4n) is 1.25. The molecule has 2 heterocycles. The van der Waals surface area contributed by atoms with Crippen LogP contribution in [0.2, 0.25) is 0 Å². The molecule has 3 N–H and O–H groups in total. The predicted molar refractivity (Wildman–Crippen MR) is 57.2 cm³/mol. The number of aromatic nitrogens is 2. The molecule has 0 unspecified atom stereocenters. The van der Waals surface area contributed by atoms with Gasteiger partial charge in [0.25, 0.3) is 0 Å². The van der Waals surface area contributed by atoms with Crippen molar-refractivity contribution in [3.05, 3.63) is 35.9 Å². The second-order valence-electron chi connectivity index (χ2n) is 3.19. The first kappa shape index (κ1) is 9.51. The summed E-state index contributed by atoms with van der Waals surface area (Å²) in [4.78, 5) is 8.24. The van der Waals surface area contributed by atoms with Crippen LogP contribution >= 0.6 is 0 Å². The van der Waals surface area contributed by atoms with Crippen LogP contribution in [-0.2, 0) is 6.54 Å². The first-order valence-electron chi connectivity index (χ1n) is 4.61. The molecule has 0 atom stereocenters. The third-order valence-corrected chi connectivity index (χ3v) is 1.87. The summed E-state index contributed by atoms with van der Waals surface area (Å²) in [6.45, 7) is 2.42. The molecule has 2 aromatic rings. The number of furan rings is 1. The zero-order valence-electron chi connectivity index (χ0n) is 8.40. The molecule has 0 saturated carbocycles. The monoisotopic (exact) mass is 204 g/mol. The second kappa shape index (κ2) is 4.00. The normalized spacial score (nSPS) is 10.2. The van der Waals surface area contributed by atoms with Crippen LogP contribution in [0.1, 0.15) is 11.5 Å². The Hall–Kier alpha value is -2.04. The van der Waals surface area contributed by atoms with Gasteiger partial charge in [-0.3, -0.25) is 0 Å². The van der Waals surface area contributed by atoms with Crippen molar-refractivity contribution in [3.63, 3.8) is 0 Å². The van der Waals surface area contributed by atoms with E-state index in [1.54, 1.807) is 12.3 Å². The summed E-state index contributed by atoms with van der Waals surface area (Å²) in [6.07, 6.45) is 1.63. The number of nitrogens with zero attached hydrogens (tertiary/aromatic N) is 2. The largest absolute Gasteiger partial charge is 0.467 e. The van der Waals surface area contributed by atoms with Gasteiger partial charge >= 0.3 is 0 Å². The van der Waals surface area contributed by atoms with Crippen molar-refractivity contribution >= 4 is 11.8 Å². The van der Waals surface area contributed by atoms with E-state index in [9.17, 15) is 0 Å². The van der Waals surface area contributed by atoms with Gasteiger partial charge in [-0.1, -0.05) is 0 Å². The first-order valence-corrected chi connectivity index (χ1v) is 4.61. The van der Waals surface area contributed by atoms with E-state index in [1.165, 1.54) is 0 Å². The minimum Gasteiger partial charge on any atom is -0.467 e. The van der Waals surface area contributed by atoms with Crippen LogP contribution in [0.3, 0.4) is 0 Å². The Morgan fingerprint density at radius 1 is 1.47 bits per heavy atom. The molecule has 0 aliphatic rings. The fraction of sp³-hybridized carbons (Fsp3) is 0.200. The molecule has 15 heavy (non-hydrogen) atoms. The van der Waals surface area contributed by atoms with Gasteiger partial charge in [0.15, 0.2) is 0 Å². The second-order valence-corrected chi connectivity index (χ2v) is 3.19. The highest BCUT2D eigenvalue weighted by Gasteiger charge is 2.00. The number of nitrogen functional groups attached to an aromatic ring is 1. The van der Waals surface area contributed by atoms with E-state index in [4.69, 9.17) is 10.2 Å². The van der Waals surface area contributed by atoms with Gasteiger partial charge < -0.3 is 15.5 Å². The molecule has 2 rings (SSSR count). The standard InChI is InChI=1S/C10H12N4O/c1-7-5-9(11)14-10(13-7)12-6-8-3-2-4-15-8/h2-5H,6H2,1H3,(H3,11,12,13,14). The molecule has 5 nitrogen and oxygen atoms in total. The van der Waals surface area contributed by atoms with Gasteiger partial charge in [-0.25, -0.2) is 4.98 Å². The zero-order valence-corrected chi connectivity index (χ0v) is 8.40. The molecule has 0 amide bonds. The maximum atomic E-state index is 5.59. The minimum absolute atomic E-state index is 0.462. The van der Waals surface area contributed by atoms with Crippen LogP contribution in [-0.4, -0.2) is 9.97 Å². The Labute approximate surface area is 87.3 Å². The van der Waals surface area contributed by atoms with Gasteiger partial charge in [0.2, 0.25) is 5.95 Å². The van der Waals surface area contributed by atoms with E-state index in [2.05, 4.69) is 15.3 Å². The van der Waals surface area contributed by atoms with Gasteiger partial charge in [-0.2, -0.15) is 4.98 Å². The summed E-state index contributed by atoms with van der Waals surface area (Å²) in [6, 6.07) is 5.44. The highest BCUT2D eigenvalue weighted by atomic mass is 16.3. The van der Waals surface area contributed by atoms with Crippen LogP contribution in [0, 0.1) is 6.92 Å². The summed E-state index contributed by atoms with van der Waals surface area (Å²) in [5.74, 6) is 1.81. The maximum absolute atomic E-state index is 5.59. The summed E-state index contributed by atoms with van der Waals surface area (Å²) >= 11 is 0. The predicted octanol–water partition coefficient (Wildman–Crippen LogP) is 1.57. The van der Waals surface area contributed by atoms with Crippen molar-refractivity contribution < 1.29 is 4.42 Å². The highest BCUT2D eigenvalue weighted by molar-refractivity contribution is 5.38. The van der Waals surface area contributed by atoms with E-state index < -0.39 is 0 Å². The Kier molecular flexibility index (Phi) is 2.53. The number of nitrogens with two attached hydrogens (primary N) is 1. The summed E-state index contributed by atoms with van der Waals surface area (Å²) in [5, 5.41) is 3.03. The van der Waals surface area contributed by atoms with Crippen molar-refractivity contribution in [2.45, 2.75) is 13.5 Å². The molecule has 0 aromatic carbocycles. The van der Waals surface area contributed by atoms with Gasteiger partial charge in [0.1, 0.15) is 11.6 Å². The molecule has 0 bridgehead atoms. The number of anilines is 2. The van der Waals surface area contributed by atoms with E-state index in [0.29, 0.717) is 18.3 Å². The van der Waals surface area contributed by atoms with Gasteiger partial charge in [-0.05, 0) is 19.1 Å².